The Balaban J connectivity index is 2.02. The van der Waals surface area contributed by atoms with Crippen molar-refractivity contribution in [3.05, 3.63) is 23.8 Å². The Kier molecular flexibility index (Phi) is 2.26. The highest BCUT2D eigenvalue weighted by Gasteiger charge is 2.42. The number of ether oxygens (including phenoxy) is 3. The summed E-state index contributed by atoms with van der Waals surface area (Å²) in [5.74, 6) is 1.79. The first-order chi connectivity index (χ1) is 7.84. The third kappa shape index (κ3) is 1.37. The highest BCUT2D eigenvalue weighted by Crippen LogP contribution is 2.40. The van der Waals surface area contributed by atoms with Crippen molar-refractivity contribution in [2.24, 2.45) is 0 Å². The number of fused-ring (bicyclic) bond motifs is 2. The fraction of sp³-hybridized carbons (Fsp3) is 0.500. The molecule has 1 fully saturated rings. The Morgan fingerprint density at radius 2 is 2.31 bits per heavy atom. The van der Waals surface area contributed by atoms with Gasteiger partial charge in [-0.15, -0.1) is 0 Å². The smallest absolute Gasteiger partial charge is 0.124 e. The first-order valence-electron chi connectivity index (χ1n) is 5.48. The largest absolute Gasteiger partial charge is 0.497 e. The third-order valence-electron chi connectivity index (χ3n) is 3.23. The maximum Gasteiger partial charge on any atom is 0.124 e. The number of methoxy groups -OCH3 is 1. The highest BCUT2D eigenvalue weighted by molar-refractivity contribution is 5.48. The number of morpholine rings is 1. The van der Waals surface area contributed by atoms with Gasteiger partial charge in [-0.2, -0.15) is 0 Å². The topological polar surface area (TPSA) is 39.7 Å². The van der Waals surface area contributed by atoms with Gasteiger partial charge < -0.3 is 19.5 Å². The molecule has 1 aromatic carbocycles. The van der Waals surface area contributed by atoms with E-state index in [2.05, 4.69) is 5.32 Å². The normalized spacial score (nSPS) is 27.6. The van der Waals surface area contributed by atoms with E-state index < -0.39 is 0 Å². The van der Waals surface area contributed by atoms with Crippen molar-refractivity contribution >= 4 is 0 Å². The van der Waals surface area contributed by atoms with E-state index in [0.29, 0.717) is 13.2 Å². The summed E-state index contributed by atoms with van der Waals surface area (Å²) in [5, 5.41) is 3.50. The molecule has 0 aliphatic carbocycles. The van der Waals surface area contributed by atoms with Gasteiger partial charge in [0.25, 0.3) is 0 Å². The maximum atomic E-state index is 5.69. The molecule has 2 aliphatic heterocycles. The lowest BCUT2D eigenvalue weighted by Crippen LogP contribution is -2.52. The van der Waals surface area contributed by atoms with Crippen LogP contribution in [0.15, 0.2) is 18.2 Å². The van der Waals surface area contributed by atoms with Gasteiger partial charge in [-0.3, -0.25) is 0 Å². The molecule has 4 heteroatoms. The van der Waals surface area contributed by atoms with E-state index in [1.54, 1.807) is 7.11 Å². The van der Waals surface area contributed by atoms with E-state index in [-0.39, 0.29) is 5.54 Å². The number of nitrogens with one attached hydrogen (secondary N) is 1. The van der Waals surface area contributed by atoms with Gasteiger partial charge in [0.2, 0.25) is 0 Å². The van der Waals surface area contributed by atoms with E-state index in [0.717, 1.165) is 30.2 Å². The minimum Gasteiger partial charge on any atom is -0.497 e. The van der Waals surface area contributed by atoms with Crippen molar-refractivity contribution in [3.63, 3.8) is 0 Å². The molecule has 2 heterocycles. The van der Waals surface area contributed by atoms with Crippen LogP contribution in [0.25, 0.3) is 0 Å². The van der Waals surface area contributed by atoms with Gasteiger partial charge in [-0.25, -0.2) is 0 Å². The van der Waals surface area contributed by atoms with E-state index >= 15 is 0 Å². The van der Waals surface area contributed by atoms with Crippen molar-refractivity contribution in [2.75, 3.05) is 33.5 Å². The quantitative estimate of drug-likeness (QED) is 0.765. The Hall–Kier alpha value is -1.26. The van der Waals surface area contributed by atoms with Gasteiger partial charge in [0, 0.05) is 12.1 Å². The van der Waals surface area contributed by atoms with Crippen LogP contribution in [0.4, 0.5) is 0 Å². The van der Waals surface area contributed by atoms with E-state index in [1.165, 1.54) is 0 Å². The van der Waals surface area contributed by atoms with Gasteiger partial charge in [0.1, 0.15) is 23.6 Å². The Labute approximate surface area is 94.5 Å². The van der Waals surface area contributed by atoms with E-state index in [9.17, 15) is 0 Å². The van der Waals surface area contributed by atoms with Crippen molar-refractivity contribution in [1.82, 2.24) is 5.32 Å². The van der Waals surface area contributed by atoms with Crippen LogP contribution in [-0.2, 0) is 10.3 Å². The molecule has 4 nitrogen and oxygen atoms in total. The number of benzene rings is 1. The second-order valence-electron chi connectivity index (χ2n) is 4.21. The van der Waals surface area contributed by atoms with Crippen LogP contribution in [-0.4, -0.2) is 33.5 Å². The van der Waals surface area contributed by atoms with Gasteiger partial charge in [-0.1, -0.05) is 0 Å². The maximum absolute atomic E-state index is 5.69. The van der Waals surface area contributed by atoms with Crippen LogP contribution in [0.3, 0.4) is 0 Å². The zero-order chi connectivity index (χ0) is 11.0. The number of hydrogen-bond acceptors (Lipinski definition) is 4. The molecule has 0 bridgehead atoms. The monoisotopic (exact) mass is 221 g/mol. The minimum atomic E-state index is -0.178. The van der Waals surface area contributed by atoms with Crippen LogP contribution in [0.2, 0.25) is 0 Å². The molecule has 1 atom stereocenters. The molecule has 0 amide bonds. The van der Waals surface area contributed by atoms with Gasteiger partial charge in [0.05, 0.1) is 20.3 Å². The van der Waals surface area contributed by atoms with Crippen LogP contribution >= 0.6 is 0 Å². The predicted molar refractivity (Wildman–Crippen MR) is 59.0 cm³/mol. The van der Waals surface area contributed by atoms with Gasteiger partial charge >= 0.3 is 0 Å². The number of rotatable bonds is 1. The fourth-order valence-corrected chi connectivity index (χ4v) is 2.34. The van der Waals surface area contributed by atoms with Gasteiger partial charge in [-0.05, 0) is 18.2 Å². The zero-order valence-corrected chi connectivity index (χ0v) is 9.29. The summed E-state index contributed by atoms with van der Waals surface area (Å²) in [7, 11) is 1.68. The summed E-state index contributed by atoms with van der Waals surface area (Å²) < 4.78 is 16.5. The van der Waals surface area contributed by atoms with E-state index in [1.807, 2.05) is 18.2 Å². The van der Waals surface area contributed by atoms with Crippen molar-refractivity contribution in [1.29, 1.82) is 0 Å². The summed E-state index contributed by atoms with van der Waals surface area (Å²) in [4.78, 5) is 0. The second kappa shape index (κ2) is 3.64. The number of hydrogen-bond donors (Lipinski definition) is 1. The van der Waals surface area contributed by atoms with Crippen LogP contribution in [0.5, 0.6) is 11.5 Å². The highest BCUT2D eigenvalue weighted by atomic mass is 16.5. The van der Waals surface area contributed by atoms with E-state index in [4.69, 9.17) is 14.2 Å². The molecule has 0 saturated carbocycles. The molecule has 1 saturated heterocycles. The molecule has 0 aromatic heterocycles. The first-order valence-corrected chi connectivity index (χ1v) is 5.48. The molecule has 1 aromatic rings. The summed E-state index contributed by atoms with van der Waals surface area (Å²) in [6.45, 7) is 2.92. The fourth-order valence-electron chi connectivity index (χ4n) is 2.34. The average Bonchev–Trinajstić information content (AvgIpc) is 2.69. The molecule has 3 rings (SSSR count). The lowest BCUT2D eigenvalue weighted by molar-refractivity contribution is 0.0159. The molecule has 1 spiro atoms. The first kappa shape index (κ1) is 9.93. The second-order valence-corrected chi connectivity index (χ2v) is 4.21. The molecule has 16 heavy (non-hydrogen) atoms. The summed E-state index contributed by atoms with van der Waals surface area (Å²) >= 11 is 0. The lowest BCUT2D eigenvalue weighted by atomic mass is 9.92. The zero-order valence-electron chi connectivity index (χ0n) is 9.29. The lowest BCUT2D eigenvalue weighted by Gasteiger charge is -2.33. The molecule has 0 unspecified atom stereocenters. The van der Waals surface area contributed by atoms with Crippen molar-refractivity contribution in [3.8, 4) is 11.5 Å². The summed E-state index contributed by atoms with van der Waals surface area (Å²) in [5.41, 5.74) is 0.967. The van der Waals surface area contributed by atoms with Crippen LogP contribution < -0.4 is 14.8 Å². The van der Waals surface area contributed by atoms with Crippen molar-refractivity contribution in [2.45, 2.75) is 5.54 Å². The molecular weight excluding hydrogens is 206 g/mol. The average molecular weight is 221 g/mol. The SMILES string of the molecule is COc1ccc2c(c1)[C@]1(COCCN1)CO2. The Morgan fingerprint density at radius 1 is 1.38 bits per heavy atom. The molecule has 0 radical (unpaired) electrons. The molecular formula is C12H15NO3. The van der Waals surface area contributed by atoms with Gasteiger partial charge in [0.15, 0.2) is 0 Å². The predicted octanol–water partition coefficient (Wildman–Crippen LogP) is 0.903. The summed E-state index contributed by atoms with van der Waals surface area (Å²) in [6.07, 6.45) is 0. The Morgan fingerprint density at radius 3 is 3.06 bits per heavy atom. The molecule has 1 N–H and O–H groups in total. The summed E-state index contributed by atoms with van der Waals surface area (Å²) in [6, 6.07) is 5.91. The van der Waals surface area contributed by atoms with Crippen LogP contribution in [0, 0.1) is 0 Å². The Bertz CT molecular complexity index is 394. The molecule has 2 aliphatic rings. The standard InChI is InChI=1S/C12H15NO3/c1-14-9-2-3-11-10(6-9)12(8-16-11)7-15-5-4-13-12/h2-3,6,13H,4-5,7-8H2,1H3/t12-/m0/s1. The molecule has 86 valence electrons. The van der Waals surface area contributed by atoms with Crippen LogP contribution in [0.1, 0.15) is 5.56 Å². The minimum absolute atomic E-state index is 0.178. The third-order valence-corrected chi connectivity index (χ3v) is 3.23. The van der Waals surface area contributed by atoms with Crippen molar-refractivity contribution < 1.29 is 14.2 Å².